The molecular formula is C21H18ClN3O6S. The van der Waals surface area contributed by atoms with E-state index in [4.69, 9.17) is 16.3 Å². The van der Waals surface area contributed by atoms with E-state index in [1.807, 2.05) is 6.92 Å². The number of non-ortho nitro benzene ring substituents is 1. The smallest absolute Gasteiger partial charge is 0.270 e. The Hall–Kier alpha value is -3.63. The first-order valence-corrected chi connectivity index (χ1v) is 11.0. The highest BCUT2D eigenvalue weighted by molar-refractivity contribution is 7.92. The Morgan fingerprint density at radius 2 is 1.75 bits per heavy atom. The first-order valence-electron chi connectivity index (χ1n) is 9.13. The molecule has 1 amide bonds. The van der Waals surface area contributed by atoms with E-state index >= 15 is 0 Å². The van der Waals surface area contributed by atoms with Crippen molar-refractivity contribution in [1.29, 1.82) is 0 Å². The Morgan fingerprint density at radius 1 is 1.06 bits per heavy atom. The minimum Gasteiger partial charge on any atom is -0.495 e. The molecule has 166 valence electrons. The van der Waals surface area contributed by atoms with Crippen LogP contribution >= 0.6 is 11.6 Å². The molecule has 0 fully saturated rings. The van der Waals surface area contributed by atoms with E-state index in [0.29, 0.717) is 17.1 Å². The molecule has 0 aromatic heterocycles. The van der Waals surface area contributed by atoms with Gasteiger partial charge in [0, 0.05) is 17.8 Å². The molecule has 0 aliphatic carbocycles. The number of rotatable bonds is 7. The first kappa shape index (κ1) is 23.0. The number of nitrogens with one attached hydrogen (secondary N) is 2. The number of benzene rings is 3. The number of aryl methyl sites for hydroxylation is 1. The molecule has 0 radical (unpaired) electrons. The fraction of sp³-hybridized carbons (Fsp3) is 0.0952. The van der Waals surface area contributed by atoms with Gasteiger partial charge in [0.15, 0.2) is 0 Å². The molecule has 3 aromatic rings. The second-order valence-corrected chi connectivity index (χ2v) is 8.80. The molecule has 0 spiro atoms. The number of anilines is 2. The number of sulfonamides is 1. The highest BCUT2D eigenvalue weighted by Gasteiger charge is 2.18. The van der Waals surface area contributed by atoms with Gasteiger partial charge in [-0.2, -0.15) is 0 Å². The number of carbonyl (C=O) groups is 1. The molecule has 9 nitrogen and oxygen atoms in total. The van der Waals surface area contributed by atoms with Crippen molar-refractivity contribution in [2.45, 2.75) is 11.8 Å². The lowest BCUT2D eigenvalue weighted by atomic mass is 10.2. The van der Waals surface area contributed by atoms with Gasteiger partial charge < -0.3 is 10.1 Å². The maximum Gasteiger partial charge on any atom is 0.270 e. The van der Waals surface area contributed by atoms with E-state index in [0.717, 1.165) is 11.6 Å². The molecule has 0 bridgehead atoms. The minimum atomic E-state index is -3.91. The van der Waals surface area contributed by atoms with Gasteiger partial charge in [-0.25, -0.2) is 8.42 Å². The van der Waals surface area contributed by atoms with Gasteiger partial charge in [0.05, 0.1) is 33.2 Å². The van der Waals surface area contributed by atoms with Gasteiger partial charge in [-0.15, -0.1) is 0 Å². The summed E-state index contributed by atoms with van der Waals surface area (Å²) in [7, 11) is -2.47. The zero-order chi connectivity index (χ0) is 23.5. The summed E-state index contributed by atoms with van der Waals surface area (Å²) in [4.78, 5) is 22.6. The monoisotopic (exact) mass is 475 g/mol. The molecule has 0 aliphatic rings. The van der Waals surface area contributed by atoms with Gasteiger partial charge in [-0.3, -0.25) is 19.6 Å². The summed E-state index contributed by atoms with van der Waals surface area (Å²) in [6, 6.07) is 14.1. The number of hydrogen-bond donors (Lipinski definition) is 2. The van der Waals surface area contributed by atoms with E-state index in [1.54, 1.807) is 18.2 Å². The summed E-state index contributed by atoms with van der Waals surface area (Å²) in [5, 5.41) is 13.3. The summed E-state index contributed by atoms with van der Waals surface area (Å²) < 4.78 is 33.2. The lowest BCUT2D eigenvalue weighted by molar-refractivity contribution is -0.384. The van der Waals surface area contributed by atoms with Crippen LogP contribution in [0.4, 0.5) is 17.1 Å². The third-order valence-electron chi connectivity index (χ3n) is 4.43. The lowest BCUT2D eigenvalue weighted by Gasteiger charge is -2.13. The van der Waals surface area contributed by atoms with Gasteiger partial charge in [0.1, 0.15) is 5.75 Å². The molecule has 32 heavy (non-hydrogen) atoms. The molecule has 3 rings (SSSR count). The number of halogens is 1. The molecule has 0 saturated carbocycles. The first-order chi connectivity index (χ1) is 15.1. The number of nitro benzene ring substituents is 1. The molecule has 3 aromatic carbocycles. The molecule has 0 aliphatic heterocycles. The van der Waals surface area contributed by atoms with Crippen LogP contribution in [0.1, 0.15) is 15.9 Å². The Labute approximate surface area is 189 Å². The summed E-state index contributed by atoms with van der Waals surface area (Å²) in [6.07, 6.45) is 0. The Kier molecular flexibility index (Phi) is 6.66. The topological polar surface area (TPSA) is 128 Å². The zero-order valence-electron chi connectivity index (χ0n) is 17.0. The summed E-state index contributed by atoms with van der Waals surface area (Å²) in [5.41, 5.74) is 1.28. The summed E-state index contributed by atoms with van der Waals surface area (Å²) in [5.74, 6) is -0.217. The maximum atomic E-state index is 12.7. The van der Waals surface area contributed by atoms with Crippen LogP contribution in [0.25, 0.3) is 0 Å². The average Bonchev–Trinajstić information content (AvgIpc) is 2.73. The van der Waals surface area contributed by atoms with Crippen molar-refractivity contribution in [3.8, 4) is 5.75 Å². The van der Waals surface area contributed by atoms with Gasteiger partial charge in [0.25, 0.3) is 21.6 Å². The number of amides is 1. The molecule has 0 saturated heterocycles. The van der Waals surface area contributed by atoms with Crippen molar-refractivity contribution >= 4 is 44.6 Å². The van der Waals surface area contributed by atoms with Crippen LogP contribution in [-0.4, -0.2) is 26.4 Å². The van der Waals surface area contributed by atoms with Crippen molar-refractivity contribution < 1.29 is 22.9 Å². The van der Waals surface area contributed by atoms with E-state index in [-0.39, 0.29) is 21.2 Å². The van der Waals surface area contributed by atoms with E-state index in [9.17, 15) is 23.3 Å². The average molecular weight is 476 g/mol. The molecule has 0 atom stereocenters. The normalized spacial score (nSPS) is 11.0. The Balaban J connectivity index is 1.77. The van der Waals surface area contributed by atoms with Crippen LogP contribution in [0.15, 0.2) is 65.6 Å². The third-order valence-corrected chi connectivity index (χ3v) is 6.12. The lowest BCUT2D eigenvalue weighted by Crippen LogP contribution is -2.15. The van der Waals surface area contributed by atoms with Crippen LogP contribution in [0.5, 0.6) is 5.75 Å². The number of ether oxygens (including phenoxy) is 1. The Bertz CT molecular complexity index is 1290. The van der Waals surface area contributed by atoms with Crippen LogP contribution < -0.4 is 14.8 Å². The highest BCUT2D eigenvalue weighted by atomic mass is 35.5. The highest BCUT2D eigenvalue weighted by Crippen LogP contribution is 2.28. The second kappa shape index (κ2) is 9.25. The Morgan fingerprint density at radius 3 is 2.34 bits per heavy atom. The van der Waals surface area contributed by atoms with Crippen LogP contribution in [0.2, 0.25) is 5.02 Å². The number of methoxy groups -OCH3 is 1. The van der Waals surface area contributed by atoms with E-state index in [2.05, 4.69) is 10.0 Å². The third kappa shape index (κ3) is 5.16. The van der Waals surface area contributed by atoms with Crippen molar-refractivity contribution in [3.05, 3.63) is 86.9 Å². The number of nitro groups is 1. The molecule has 0 unspecified atom stereocenters. The SMILES string of the molecule is COc1ccc(C)cc1NS(=O)(=O)c1ccc(NC(=O)c2ccc([N+](=O)[O-])cc2Cl)cc1. The van der Waals surface area contributed by atoms with Gasteiger partial charge in [0.2, 0.25) is 0 Å². The van der Waals surface area contributed by atoms with E-state index in [1.165, 1.54) is 43.5 Å². The van der Waals surface area contributed by atoms with Crippen LogP contribution in [-0.2, 0) is 10.0 Å². The predicted octanol–water partition coefficient (Wildman–Crippen LogP) is 4.62. The standard InChI is InChI=1S/C21H18ClN3O6S/c1-13-3-10-20(31-2)19(11-13)24-32(29,30)16-7-4-14(5-8-16)23-21(26)17-9-6-15(25(27)28)12-18(17)22/h3-12,24H,1-2H3,(H,23,26). The maximum absolute atomic E-state index is 12.7. The molecule has 0 heterocycles. The molecule has 2 N–H and O–H groups in total. The summed E-state index contributed by atoms with van der Waals surface area (Å²) in [6.45, 7) is 1.83. The van der Waals surface area contributed by atoms with Crippen molar-refractivity contribution in [1.82, 2.24) is 0 Å². The fourth-order valence-electron chi connectivity index (χ4n) is 2.82. The largest absolute Gasteiger partial charge is 0.495 e. The quantitative estimate of drug-likeness (QED) is 0.379. The van der Waals surface area contributed by atoms with Crippen LogP contribution in [0, 0.1) is 17.0 Å². The van der Waals surface area contributed by atoms with Crippen molar-refractivity contribution in [2.24, 2.45) is 0 Å². The molecular weight excluding hydrogens is 458 g/mol. The van der Waals surface area contributed by atoms with E-state index < -0.39 is 20.9 Å². The number of nitrogens with zero attached hydrogens (tertiary/aromatic N) is 1. The van der Waals surface area contributed by atoms with Crippen molar-refractivity contribution in [2.75, 3.05) is 17.1 Å². The van der Waals surface area contributed by atoms with Gasteiger partial charge in [-0.05, 0) is 55.0 Å². The fourth-order valence-corrected chi connectivity index (χ4v) is 4.14. The molecule has 11 heteroatoms. The predicted molar refractivity (Wildman–Crippen MR) is 121 cm³/mol. The second-order valence-electron chi connectivity index (χ2n) is 6.71. The van der Waals surface area contributed by atoms with Gasteiger partial charge >= 0.3 is 0 Å². The van der Waals surface area contributed by atoms with Gasteiger partial charge in [-0.1, -0.05) is 17.7 Å². The van der Waals surface area contributed by atoms with Crippen molar-refractivity contribution in [3.63, 3.8) is 0 Å². The number of carbonyl (C=O) groups excluding carboxylic acids is 1. The van der Waals surface area contributed by atoms with Crippen LogP contribution in [0.3, 0.4) is 0 Å². The number of hydrogen-bond acceptors (Lipinski definition) is 6. The zero-order valence-corrected chi connectivity index (χ0v) is 18.5. The summed E-state index contributed by atoms with van der Waals surface area (Å²) >= 11 is 5.97. The minimum absolute atomic E-state index is 0.0209.